The number of ether oxygens (including phenoxy) is 1. The van der Waals surface area contributed by atoms with E-state index in [1.807, 2.05) is 12.1 Å². The molecule has 2 atom stereocenters. The van der Waals surface area contributed by atoms with Crippen LogP contribution in [0.3, 0.4) is 0 Å². The van der Waals surface area contributed by atoms with E-state index in [4.69, 9.17) is 9.57 Å². The van der Waals surface area contributed by atoms with Gasteiger partial charge in [0, 0.05) is 23.1 Å². The molecule has 0 aliphatic carbocycles. The molecule has 2 rings (SSSR count). The third-order valence-electron chi connectivity index (χ3n) is 4.99. The van der Waals surface area contributed by atoms with Gasteiger partial charge in [0.2, 0.25) is 0 Å². The van der Waals surface area contributed by atoms with Crippen molar-refractivity contribution in [3.05, 3.63) is 28.8 Å². The highest BCUT2D eigenvalue weighted by Gasteiger charge is 2.33. The molecule has 1 N–H and O–H groups in total. The van der Waals surface area contributed by atoms with E-state index in [-0.39, 0.29) is 23.0 Å². The minimum absolute atomic E-state index is 0.236. The largest absolute Gasteiger partial charge is 0.507 e. The summed E-state index contributed by atoms with van der Waals surface area (Å²) in [5.41, 5.74) is 2.87. The Balaban J connectivity index is 2.27. The molecule has 1 heterocycles. The summed E-state index contributed by atoms with van der Waals surface area (Å²) in [6.45, 7) is 15.4. The Bertz CT molecular complexity index is 792. The maximum atomic E-state index is 11.8. The lowest BCUT2D eigenvalue weighted by atomic mass is 9.78. The molecule has 1 aliphatic heterocycles. The summed E-state index contributed by atoms with van der Waals surface area (Å²) < 4.78 is 5.31. The minimum atomic E-state index is -0.559. The number of oxime groups is 1. The van der Waals surface area contributed by atoms with Gasteiger partial charge in [0.15, 0.2) is 6.10 Å². The Kier molecular flexibility index (Phi) is 6.45. The average Bonchev–Trinajstić information content (AvgIpc) is 3.02. The molecule has 1 aromatic rings. The van der Waals surface area contributed by atoms with E-state index in [1.54, 1.807) is 6.92 Å². The first-order valence-electron chi connectivity index (χ1n) is 10.00. The summed E-state index contributed by atoms with van der Waals surface area (Å²) in [5.74, 6) is -0.479. The monoisotopic (exact) mass is 403 g/mol. The summed E-state index contributed by atoms with van der Waals surface area (Å²) in [6.07, 6.45) is -0.700. The minimum Gasteiger partial charge on any atom is -0.507 e. The second-order valence-corrected chi connectivity index (χ2v) is 9.88. The topological polar surface area (TPSA) is 85.2 Å². The fourth-order valence-corrected chi connectivity index (χ4v) is 3.29. The molecule has 0 aromatic heterocycles. The molecule has 2 unspecified atom stereocenters. The average molecular weight is 404 g/mol. The van der Waals surface area contributed by atoms with Gasteiger partial charge >= 0.3 is 5.97 Å². The van der Waals surface area contributed by atoms with Crippen LogP contribution in [-0.2, 0) is 30.0 Å². The quantitative estimate of drug-likeness (QED) is 0.582. The number of carbonyl (C=O) groups is 2. The number of phenols is 1. The van der Waals surface area contributed by atoms with Crippen LogP contribution in [0.5, 0.6) is 5.75 Å². The molecule has 0 bridgehead atoms. The first-order chi connectivity index (χ1) is 13.2. The Labute approximate surface area is 173 Å². The van der Waals surface area contributed by atoms with Crippen LogP contribution in [-0.4, -0.2) is 34.8 Å². The van der Waals surface area contributed by atoms with Crippen molar-refractivity contribution in [1.29, 1.82) is 0 Å². The number of aromatic hydroxyl groups is 1. The Morgan fingerprint density at radius 3 is 2.14 bits per heavy atom. The fourth-order valence-electron chi connectivity index (χ4n) is 3.29. The van der Waals surface area contributed by atoms with E-state index in [0.29, 0.717) is 12.2 Å². The zero-order chi connectivity index (χ0) is 22.1. The number of hydrogen-bond donors (Lipinski definition) is 1. The van der Waals surface area contributed by atoms with Crippen molar-refractivity contribution < 1.29 is 24.3 Å². The summed E-state index contributed by atoms with van der Waals surface area (Å²) >= 11 is 0. The lowest BCUT2D eigenvalue weighted by molar-refractivity contribution is -0.156. The number of Topliss-reactive ketones (excluding diaryl/α,β-unsaturated/α-hetero) is 1. The molecule has 0 fully saturated rings. The Hall–Kier alpha value is -2.37. The zero-order valence-corrected chi connectivity index (χ0v) is 18.8. The third kappa shape index (κ3) is 5.58. The number of phenolic OH excluding ortho intramolecular Hbond substituents is 1. The molecular formula is C23H33NO5. The lowest BCUT2D eigenvalue weighted by Crippen LogP contribution is -2.29. The summed E-state index contributed by atoms with van der Waals surface area (Å²) in [4.78, 5) is 28.4. The summed E-state index contributed by atoms with van der Waals surface area (Å²) in [6, 6.07) is 3.92. The Morgan fingerprint density at radius 1 is 1.17 bits per heavy atom. The molecular weight excluding hydrogens is 370 g/mol. The standard InChI is InChI=1S/C23H33NO5/c1-13(25)9-20(26)28-14(2)19-12-18(24-29-19)15-10-16(22(3,4)5)21(27)17(11-15)23(6,7)8/h10-11,14,19,27H,9,12H2,1-8H3. The van der Waals surface area contributed by atoms with Crippen molar-refractivity contribution in [2.45, 2.75) is 91.3 Å². The van der Waals surface area contributed by atoms with Crippen molar-refractivity contribution in [3.8, 4) is 5.75 Å². The molecule has 1 aliphatic rings. The van der Waals surface area contributed by atoms with Crippen molar-refractivity contribution in [1.82, 2.24) is 0 Å². The zero-order valence-electron chi connectivity index (χ0n) is 18.8. The van der Waals surface area contributed by atoms with Gasteiger partial charge in [-0.2, -0.15) is 0 Å². The van der Waals surface area contributed by atoms with Gasteiger partial charge in [-0.25, -0.2) is 0 Å². The van der Waals surface area contributed by atoms with Crippen LogP contribution in [0.15, 0.2) is 17.3 Å². The lowest BCUT2D eigenvalue weighted by Gasteiger charge is -2.28. The highest BCUT2D eigenvalue weighted by atomic mass is 16.7. The predicted molar refractivity (Wildman–Crippen MR) is 112 cm³/mol. The van der Waals surface area contributed by atoms with Crippen LogP contribution >= 0.6 is 0 Å². The number of rotatable bonds is 5. The van der Waals surface area contributed by atoms with Crippen LogP contribution in [0.4, 0.5) is 0 Å². The molecule has 6 heteroatoms. The van der Waals surface area contributed by atoms with Crippen molar-refractivity contribution in [2.75, 3.05) is 0 Å². The molecule has 0 saturated carbocycles. The van der Waals surface area contributed by atoms with Gasteiger partial charge in [0.25, 0.3) is 0 Å². The van der Waals surface area contributed by atoms with Gasteiger partial charge in [0.05, 0.1) is 5.71 Å². The first kappa shape index (κ1) is 22.9. The van der Waals surface area contributed by atoms with Crippen LogP contribution in [0.25, 0.3) is 0 Å². The second kappa shape index (κ2) is 8.17. The highest BCUT2D eigenvalue weighted by Crippen LogP contribution is 2.40. The van der Waals surface area contributed by atoms with E-state index in [1.165, 1.54) is 6.92 Å². The highest BCUT2D eigenvalue weighted by molar-refractivity contribution is 6.02. The SMILES string of the molecule is CC(=O)CC(=O)OC(C)C1CC(c2cc(C(C)(C)C)c(O)c(C(C)(C)C)c2)=NO1. The second-order valence-electron chi connectivity index (χ2n) is 9.88. The number of hydrogen-bond acceptors (Lipinski definition) is 6. The van der Waals surface area contributed by atoms with Gasteiger partial charge in [-0.3, -0.25) is 9.59 Å². The number of ketones is 1. The summed E-state index contributed by atoms with van der Waals surface area (Å²) in [7, 11) is 0. The van der Waals surface area contributed by atoms with Crippen molar-refractivity contribution in [2.24, 2.45) is 5.16 Å². The third-order valence-corrected chi connectivity index (χ3v) is 4.99. The van der Waals surface area contributed by atoms with Crippen LogP contribution < -0.4 is 0 Å². The van der Waals surface area contributed by atoms with E-state index in [0.717, 1.165) is 22.4 Å². The van der Waals surface area contributed by atoms with E-state index < -0.39 is 18.2 Å². The maximum absolute atomic E-state index is 11.8. The van der Waals surface area contributed by atoms with Gasteiger partial charge < -0.3 is 14.7 Å². The number of benzene rings is 1. The van der Waals surface area contributed by atoms with Crippen LogP contribution in [0.2, 0.25) is 0 Å². The first-order valence-corrected chi connectivity index (χ1v) is 10.00. The molecule has 0 spiro atoms. The van der Waals surface area contributed by atoms with E-state index in [2.05, 4.69) is 46.7 Å². The maximum Gasteiger partial charge on any atom is 0.313 e. The Morgan fingerprint density at radius 2 is 1.69 bits per heavy atom. The molecule has 29 heavy (non-hydrogen) atoms. The summed E-state index contributed by atoms with van der Waals surface area (Å²) in [5, 5.41) is 15.1. The van der Waals surface area contributed by atoms with Crippen LogP contribution in [0, 0.1) is 0 Å². The number of carbonyl (C=O) groups excluding carboxylic acids is 2. The smallest absolute Gasteiger partial charge is 0.313 e. The van der Waals surface area contributed by atoms with Gasteiger partial charge in [-0.1, -0.05) is 46.7 Å². The van der Waals surface area contributed by atoms with Gasteiger partial charge in [0.1, 0.15) is 24.1 Å². The number of esters is 1. The number of nitrogens with zero attached hydrogens (tertiary/aromatic N) is 1. The van der Waals surface area contributed by atoms with Gasteiger partial charge in [-0.15, -0.1) is 0 Å². The van der Waals surface area contributed by atoms with E-state index >= 15 is 0 Å². The van der Waals surface area contributed by atoms with E-state index in [9.17, 15) is 14.7 Å². The fraction of sp³-hybridized carbons (Fsp3) is 0.609. The van der Waals surface area contributed by atoms with Crippen LogP contribution in [0.1, 0.15) is 84.9 Å². The van der Waals surface area contributed by atoms with Crippen molar-refractivity contribution in [3.63, 3.8) is 0 Å². The van der Waals surface area contributed by atoms with Crippen molar-refractivity contribution >= 4 is 17.5 Å². The molecule has 0 radical (unpaired) electrons. The van der Waals surface area contributed by atoms with Gasteiger partial charge in [-0.05, 0) is 36.8 Å². The molecule has 6 nitrogen and oxygen atoms in total. The predicted octanol–water partition coefficient (Wildman–Crippen LogP) is 4.39. The molecule has 1 aromatic carbocycles. The normalized spacial score (nSPS) is 18.1. The molecule has 0 amide bonds. The molecule has 0 saturated heterocycles. The molecule has 160 valence electrons.